The Bertz CT molecular complexity index is 673. The molecule has 26 heavy (non-hydrogen) atoms. The van der Waals surface area contributed by atoms with Gasteiger partial charge in [0.2, 0.25) is 0 Å². The predicted octanol–water partition coefficient (Wildman–Crippen LogP) is 5.37. The second kappa shape index (κ2) is 8.16. The molecule has 0 atom stereocenters. The van der Waals surface area contributed by atoms with Crippen LogP contribution in [0.15, 0.2) is 12.1 Å². The number of halogens is 2. The third-order valence-corrected chi connectivity index (χ3v) is 6.18. The molecule has 3 rings (SSSR count). The summed E-state index contributed by atoms with van der Waals surface area (Å²) in [5, 5.41) is 8.68. The van der Waals surface area contributed by atoms with Gasteiger partial charge in [-0.3, -0.25) is 4.79 Å². The second-order valence-corrected chi connectivity index (χ2v) is 7.93. The number of nitrogens with zero attached hydrogens (tertiary/aromatic N) is 1. The van der Waals surface area contributed by atoms with Gasteiger partial charge >= 0.3 is 5.97 Å². The minimum Gasteiger partial charge on any atom is -0.426 e. The Morgan fingerprint density at radius 3 is 2.00 bits per heavy atom. The first-order chi connectivity index (χ1) is 12.5. The summed E-state index contributed by atoms with van der Waals surface area (Å²) in [7, 11) is 0. The molecule has 2 saturated carbocycles. The van der Waals surface area contributed by atoms with E-state index in [4.69, 9.17) is 10.00 Å². The molecule has 0 heterocycles. The minimum atomic E-state index is -1.01. The van der Waals surface area contributed by atoms with E-state index in [1.807, 2.05) is 0 Å². The van der Waals surface area contributed by atoms with Crippen molar-refractivity contribution in [3.63, 3.8) is 0 Å². The fourth-order valence-corrected chi connectivity index (χ4v) is 4.50. The molecular weight excluding hydrogens is 336 g/mol. The smallest absolute Gasteiger partial charge is 0.314 e. The third kappa shape index (κ3) is 4.23. The molecule has 2 aliphatic rings. The molecule has 0 aromatic heterocycles. The fraction of sp³-hybridized carbons (Fsp3) is 0.619. The van der Waals surface area contributed by atoms with E-state index in [1.165, 1.54) is 31.8 Å². The molecule has 0 spiro atoms. The van der Waals surface area contributed by atoms with Crippen LogP contribution in [0.2, 0.25) is 0 Å². The van der Waals surface area contributed by atoms with Crippen LogP contribution in [-0.2, 0) is 4.79 Å². The van der Waals surface area contributed by atoms with Crippen molar-refractivity contribution < 1.29 is 18.3 Å². The van der Waals surface area contributed by atoms with Crippen LogP contribution in [0.1, 0.15) is 63.9 Å². The van der Waals surface area contributed by atoms with Crippen LogP contribution >= 0.6 is 0 Å². The number of ether oxygens (including phenoxy) is 1. The molecule has 2 fully saturated rings. The lowest BCUT2D eigenvalue weighted by Crippen LogP contribution is -2.29. The predicted molar refractivity (Wildman–Crippen MR) is 93.3 cm³/mol. The van der Waals surface area contributed by atoms with E-state index in [2.05, 4.69) is 6.92 Å². The quantitative estimate of drug-likeness (QED) is 0.537. The van der Waals surface area contributed by atoms with Crippen molar-refractivity contribution in [2.45, 2.75) is 58.3 Å². The summed E-state index contributed by atoms with van der Waals surface area (Å²) in [6.45, 7) is 2.32. The van der Waals surface area contributed by atoms with E-state index in [1.54, 1.807) is 0 Å². The Morgan fingerprint density at radius 2 is 1.50 bits per heavy atom. The van der Waals surface area contributed by atoms with Crippen LogP contribution in [0.5, 0.6) is 5.75 Å². The van der Waals surface area contributed by atoms with Gasteiger partial charge in [0.05, 0.1) is 5.92 Å². The molecule has 1 aromatic rings. The van der Waals surface area contributed by atoms with Crippen molar-refractivity contribution in [1.82, 2.24) is 0 Å². The van der Waals surface area contributed by atoms with Crippen molar-refractivity contribution in [2.75, 3.05) is 0 Å². The molecule has 1 aromatic carbocycles. The first-order valence-corrected chi connectivity index (χ1v) is 9.58. The van der Waals surface area contributed by atoms with Crippen LogP contribution in [0, 0.1) is 46.6 Å². The molecule has 0 aliphatic heterocycles. The average Bonchev–Trinajstić information content (AvgIpc) is 2.62. The molecule has 140 valence electrons. The van der Waals surface area contributed by atoms with Crippen LogP contribution in [0.3, 0.4) is 0 Å². The molecule has 0 radical (unpaired) electrons. The number of nitriles is 1. The topological polar surface area (TPSA) is 50.1 Å². The maximum atomic E-state index is 13.6. The Kier molecular flexibility index (Phi) is 5.90. The fourth-order valence-electron chi connectivity index (χ4n) is 4.50. The van der Waals surface area contributed by atoms with Crippen LogP contribution in [0.25, 0.3) is 0 Å². The summed E-state index contributed by atoms with van der Waals surface area (Å²) < 4.78 is 32.5. The monoisotopic (exact) mass is 361 g/mol. The number of hydrogen-bond donors (Lipinski definition) is 0. The molecule has 0 saturated heterocycles. The summed E-state index contributed by atoms with van der Waals surface area (Å²) in [4.78, 5) is 12.3. The van der Waals surface area contributed by atoms with Gasteiger partial charge in [0, 0.05) is 12.1 Å². The van der Waals surface area contributed by atoms with Gasteiger partial charge in [-0.2, -0.15) is 5.26 Å². The van der Waals surface area contributed by atoms with Crippen molar-refractivity contribution in [3.05, 3.63) is 29.3 Å². The number of carbonyl (C=O) groups is 1. The van der Waals surface area contributed by atoms with E-state index in [0.29, 0.717) is 5.92 Å². The molecule has 0 amide bonds. The first kappa shape index (κ1) is 18.8. The van der Waals surface area contributed by atoms with E-state index in [0.717, 1.165) is 49.7 Å². The summed E-state index contributed by atoms with van der Waals surface area (Å²) in [6.07, 6.45) is 8.80. The lowest BCUT2D eigenvalue weighted by molar-refractivity contribution is -0.140. The first-order valence-electron chi connectivity index (χ1n) is 9.58. The Labute approximate surface area is 153 Å². The van der Waals surface area contributed by atoms with Gasteiger partial charge in [0.1, 0.15) is 29.0 Å². The molecule has 0 unspecified atom stereocenters. The summed E-state index contributed by atoms with van der Waals surface area (Å²) in [5.41, 5.74) is -0.660. The second-order valence-electron chi connectivity index (χ2n) is 7.93. The summed E-state index contributed by atoms with van der Waals surface area (Å²) in [6, 6.07) is 3.25. The summed E-state index contributed by atoms with van der Waals surface area (Å²) >= 11 is 0. The zero-order valence-corrected chi connectivity index (χ0v) is 15.1. The van der Waals surface area contributed by atoms with E-state index in [-0.39, 0.29) is 11.7 Å². The molecule has 0 N–H and O–H groups in total. The SMILES string of the molecule is CC1CCC(C2CCC(C(=O)Oc3cc(F)c(C#N)c(F)c3)CC2)CC1. The maximum absolute atomic E-state index is 13.6. The highest BCUT2D eigenvalue weighted by Gasteiger charge is 2.33. The van der Waals surface area contributed by atoms with Crippen LogP contribution in [-0.4, -0.2) is 5.97 Å². The third-order valence-electron chi connectivity index (χ3n) is 6.18. The van der Waals surface area contributed by atoms with Gasteiger partial charge in [-0.05, 0) is 56.3 Å². The molecular formula is C21H25F2NO2. The van der Waals surface area contributed by atoms with Gasteiger partial charge in [0.15, 0.2) is 0 Å². The molecule has 2 aliphatic carbocycles. The lowest BCUT2D eigenvalue weighted by Gasteiger charge is -2.36. The van der Waals surface area contributed by atoms with Crippen LogP contribution < -0.4 is 4.74 Å². The van der Waals surface area contributed by atoms with E-state index in [9.17, 15) is 13.6 Å². The molecule has 0 bridgehead atoms. The highest BCUT2D eigenvalue weighted by molar-refractivity contribution is 5.75. The standard InChI is InChI=1S/C21H25F2NO2/c1-13-2-4-14(5-3-13)15-6-8-16(9-7-15)21(25)26-17-10-19(22)18(12-24)20(23)11-17/h10-11,13-16H,2-9H2,1H3. The molecule has 3 nitrogen and oxygen atoms in total. The zero-order valence-electron chi connectivity index (χ0n) is 15.1. The van der Waals surface area contributed by atoms with Gasteiger partial charge in [0.25, 0.3) is 0 Å². The number of benzene rings is 1. The van der Waals surface area contributed by atoms with Crippen molar-refractivity contribution >= 4 is 5.97 Å². The van der Waals surface area contributed by atoms with Crippen molar-refractivity contribution in [3.8, 4) is 11.8 Å². The average molecular weight is 361 g/mol. The molecule has 5 heteroatoms. The zero-order chi connectivity index (χ0) is 18.7. The lowest BCUT2D eigenvalue weighted by atomic mass is 9.69. The van der Waals surface area contributed by atoms with Gasteiger partial charge < -0.3 is 4.74 Å². The largest absolute Gasteiger partial charge is 0.426 e. The number of rotatable bonds is 3. The van der Waals surface area contributed by atoms with Crippen LogP contribution in [0.4, 0.5) is 8.78 Å². The summed E-state index contributed by atoms with van der Waals surface area (Å²) in [5.74, 6) is -0.518. The highest BCUT2D eigenvalue weighted by Crippen LogP contribution is 2.41. The van der Waals surface area contributed by atoms with Gasteiger partial charge in [-0.1, -0.05) is 19.8 Å². The normalized spacial score (nSPS) is 29.0. The number of esters is 1. The van der Waals surface area contributed by atoms with Crippen molar-refractivity contribution in [2.24, 2.45) is 23.7 Å². The Morgan fingerprint density at radius 1 is 1.00 bits per heavy atom. The van der Waals surface area contributed by atoms with E-state index < -0.39 is 23.2 Å². The number of hydrogen-bond acceptors (Lipinski definition) is 3. The van der Waals surface area contributed by atoms with E-state index >= 15 is 0 Å². The van der Waals surface area contributed by atoms with Gasteiger partial charge in [-0.15, -0.1) is 0 Å². The minimum absolute atomic E-state index is 0.174. The van der Waals surface area contributed by atoms with Gasteiger partial charge in [-0.25, -0.2) is 8.78 Å². The Hall–Kier alpha value is -1.96. The maximum Gasteiger partial charge on any atom is 0.314 e. The number of carbonyl (C=O) groups excluding carboxylic acids is 1. The van der Waals surface area contributed by atoms with Crippen molar-refractivity contribution in [1.29, 1.82) is 5.26 Å². The Balaban J connectivity index is 1.53. The highest BCUT2D eigenvalue weighted by atomic mass is 19.1.